The first-order valence-corrected chi connectivity index (χ1v) is 9.47. The zero-order chi connectivity index (χ0) is 21.0. The van der Waals surface area contributed by atoms with Gasteiger partial charge in [-0.1, -0.05) is 11.5 Å². The second-order valence-corrected chi connectivity index (χ2v) is 9.42. The van der Waals surface area contributed by atoms with Gasteiger partial charge in [-0.05, 0) is 60.6 Å². The number of carbonyl (C=O) groups excluding carboxylic acids is 1. The first-order chi connectivity index (χ1) is 12.1. The second-order valence-electron chi connectivity index (χ2n) is 8.31. The van der Waals surface area contributed by atoms with Crippen LogP contribution in [0.1, 0.15) is 54.9 Å². The van der Waals surface area contributed by atoms with Gasteiger partial charge in [-0.3, -0.25) is 0 Å². The van der Waals surface area contributed by atoms with E-state index in [0.717, 1.165) is 15.2 Å². The van der Waals surface area contributed by atoms with Crippen molar-refractivity contribution in [3.8, 4) is 0 Å². The number of aromatic nitrogens is 1. The number of ether oxygens (including phenoxy) is 1. The molecule has 0 saturated carbocycles. The molecule has 1 heterocycles. The molecule has 150 valence electrons. The number of benzene rings is 1. The van der Waals surface area contributed by atoms with Crippen molar-refractivity contribution >= 4 is 41.0 Å². The van der Waals surface area contributed by atoms with E-state index in [4.69, 9.17) is 22.8 Å². The minimum Gasteiger partial charge on any atom is -0.444 e. The van der Waals surface area contributed by atoms with Crippen molar-refractivity contribution in [2.45, 2.75) is 71.8 Å². The SMILES string of the molecule is CC(C)(O)C(C)(C)O.[B]c1ccc2nc(CNC(=O)OC(C)(C)C)sc2c1.[HH]. The monoisotopic (exact) mass is 394 g/mol. The van der Waals surface area contributed by atoms with Gasteiger partial charge in [0.1, 0.15) is 18.5 Å². The van der Waals surface area contributed by atoms with Gasteiger partial charge in [0, 0.05) is 1.43 Å². The highest BCUT2D eigenvalue weighted by Crippen LogP contribution is 2.21. The maximum absolute atomic E-state index is 11.5. The van der Waals surface area contributed by atoms with Crippen LogP contribution in [0.15, 0.2) is 18.2 Å². The lowest BCUT2D eigenvalue weighted by Crippen LogP contribution is -2.44. The zero-order valence-electron chi connectivity index (χ0n) is 17.1. The molecule has 8 heteroatoms. The lowest BCUT2D eigenvalue weighted by molar-refractivity contribution is -0.107. The molecule has 1 aromatic carbocycles. The molecule has 2 aromatic rings. The Morgan fingerprint density at radius 3 is 2.22 bits per heavy atom. The predicted octanol–water partition coefficient (Wildman–Crippen LogP) is 2.89. The van der Waals surface area contributed by atoms with E-state index in [1.54, 1.807) is 27.7 Å². The summed E-state index contributed by atoms with van der Waals surface area (Å²) in [6.07, 6.45) is -0.439. The Hall–Kier alpha value is -1.64. The van der Waals surface area contributed by atoms with Crippen LogP contribution in [0, 0.1) is 0 Å². The molecule has 2 radical (unpaired) electrons. The number of alkyl carbamates (subject to hydrolysis) is 1. The minimum absolute atomic E-state index is 0. The van der Waals surface area contributed by atoms with Crippen LogP contribution in [0.2, 0.25) is 0 Å². The summed E-state index contributed by atoms with van der Waals surface area (Å²) in [6.45, 7) is 12.1. The summed E-state index contributed by atoms with van der Waals surface area (Å²) >= 11 is 1.51. The molecule has 0 spiro atoms. The van der Waals surface area contributed by atoms with Crippen LogP contribution in [-0.2, 0) is 11.3 Å². The summed E-state index contributed by atoms with van der Waals surface area (Å²) in [5.41, 5.74) is -0.908. The molecule has 1 amide bonds. The fourth-order valence-electron chi connectivity index (χ4n) is 1.53. The molecule has 0 bridgehead atoms. The molecular weight excluding hydrogens is 363 g/mol. The third-order valence-corrected chi connectivity index (χ3v) is 4.75. The predicted molar refractivity (Wildman–Crippen MR) is 113 cm³/mol. The van der Waals surface area contributed by atoms with Gasteiger partial charge in [-0.2, -0.15) is 0 Å². The first-order valence-electron chi connectivity index (χ1n) is 8.65. The molecule has 0 aliphatic rings. The molecular formula is C19H31BN2O4S. The molecule has 0 fully saturated rings. The van der Waals surface area contributed by atoms with Crippen LogP contribution in [0.3, 0.4) is 0 Å². The molecule has 0 atom stereocenters. The summed E-state index contributed by atoms with van der Waals surface area (Å²) in [6, 6.07) is 5.56. The number of nitrogens with one attached hydrogen (secondary N) is 1. The largest absolute Gasteiger partial charge is 0.444 e. The lowest BCUT2D eigenvalue weighted by Gasteiger charge is -2.31. The van der Waals surface area contributed by atoms with Gasteiger partial charge in [-0.15, -0.1) is 11.3 Å². The normalized spacial score (nSPS) is 12.3. The maximum Gasteiger partial charge on any atom is 0.408 e. The van der Waals surface area contributed by atoms with E-state index in [9.17, 15) is 4.79 Å². The smallest absolute Gasteiger partial charge is 0.408 e. The molecule has 0 saturated heterocycles. The summed E-state index contributed by atoms with van der Waals surface area (Å²) in [5, 5.41) is 21.7. The van der Waals surface area contributed by atoms with E-state index in [1.165, 1.54) is 11.3 Å². The van der Waals surface area contributed by atoms with Crippen molar-refractivity contribution in [2.75, 3.05) is 0 Å². The molecule has 2 rings (SSSR count). The fraction of sp³-hybridized carbons (Fsp3) is 0.579. The topological polar surface area (TPSA) is 91.7 Å². The summed E-state index contributed by atoms with van der Waals surface area (Å²) in [5.74, 6) is 0. The Morgan fingerprint density at radius 2 is 1.74 bits per heavy atom. The second kappa shape index (κ2) is 8.58. The maximum atomic E-state index is 11.5. The lowest BCUT2D eigenvalue weighted by atomic mass is 9.90. The van der Waals surface area contributed by atoms with Gasteiger partial charge in [0.05, 0.1) is 28.0 Å². The summed E-state index contributed by atoms with van der Waals surface area (Å²) in [7, 11) is 5.71. The van der Waals surface area contributed by atoms with E-state index >= 15 is 0 Å². The van der Waals surface area contributed by atoms with Gasteiger partial charge in [0.2, 0.25) is 0 Å². The van der Waals surface area contributed by atoms with Crippen molar-refractivity contribution in [1.29, 1.82) is 0 Å². The Labute approximate surface area is 167 Å². The quantitative estimate of drug-likeness (QED) is 0.697. The number of nitrogens with zero attached hydrogens (tertiary/aromatic N) is 1. The Morgan fingerprint density at radius 1 is 1.19 bits per heavy atom. The first kappa shape index (κ1) is 23.4. The average molecular weight is 394 g/mol. The summed E-state index contributed by atoms with van der Waals surface area (Å²) in [4.78, 5) is 15.9. The molecule has 0 aliphatic heterocycles. The van der Waals surface area contributed by atoms with Crippen molar-refractivity contribution in [1.82, 2.24) is 10.3 Å². The Bertz CT molecular complexity index is 765. The van der Waals surface area contributed by atoms with Gasteiger partial charge >= 0.3 is 6.09 Å². The van der Waals surface area contributed by atoms with E-state index < -0.39 is 22.9 Å². The highest BCUT2D eigenvalue weighted by atomic mass is 32.1. The van der Waals surface area contributed by atoms with Crippen molar-refractivity contribution < 1.29 is 21.2 Å². The number of aliphatic hydroxyl groups is 2. The third kappa shape index (κ3) is 8.28. The number of thiazole rings is 1. The van der Waals surface area contributed by atoms with Crippen LogP contribution in [0.4, 0.5) is 4.79 Å². The molecule has 0 aliphatic carbocycles. The van der Waals surface area contributed by atoms with E-state index in [0.29, 0.717) is 12.0 Å². The molecule has 1 aromatic heterocycles. The van der Waals surface area contributed by atoms with E-state index in [1.807, 2.05) is 39.0 Å². The average Bonchev–Trinajstić information content (AvgIpc) is 2.83. The Kier molecular flexibility index (Phi) is 7.44. The van der Waals surface area contributed by atoms with Crippen molar-refractivity contribution in [2.24, 2.45) is 0 Å². The van der Waals surface area contributed by atoms with Crippen LogP contribution in [0.25, 0.3) is 10.2 Å². The minimum atomic E-state index is -1.01. The van der Waals surface area contributed by atoms with Gasteiger partial charge in [0.25, 0.3) is 0 Å². The highest BCUT2D eigenvalue weighted by Gasteiger charge is 2.31. The Balaban J connectivity index is 0.000000694. The highest BCUT2D eigenvalue weighted by molar-refractivity contribution is 7.18. The van der Waals surface area contributed by atoms with Gasteiger partial charge in [0.15, 0.2) is 0 Å². The van der Waals surface area contributed by atoms with Crippen molar-refractivity contribution in [3.63, 3.8) is 0 Å². The molecule has 3 N–H and O–H groups in total. The number of hydrogen-bond donors (Lipinski definition) is 3. The zero-order valence-corrected chi connectivity index (χ0v) is 17.9. The van der Waals surface area contributed by atoms with Crippen LogP contribution >= 0.6 is 11.3 Å². The van der Waals surface area contributed by atoms with E-state index in [-0.39, 0.29) is 1.43 Å². The molecule has 0 unspecified atom stereocenters. The number of hydrogen-bond acceptors (Lipinski definition) is 6. The number of amides is 1. The van der Waals surface area contributed by atoms with E-state index in [2.05, 4.69) is 10.3 Å². The standard InChI is InChI=1S/C13H15BN2O2S.C6H14O2.H2/c1-13(2,3)18-12(17)15-7-11-16-9-5-4-8(14)6-10(9)19-11;1-5(2,7)6(3,4)8;/h4-6H,7H2,1-3H3,(H,15,17);7-8H,1-4H3;1H. The molecule has 27 heavy (non-hydrogen) atoms. The van der Waals surface area contributed by atoms with Crippen LogP contribution in [-0.4, -0.2) is 45.9 Å². The fourth-order valence-corrected chi connectivity index (χ4v) is 2.48. The number of rotatable bonds is 3. The van der Waals surface area contributed by atoms with Gasteiger partial charge < -0.3 is 20.3 Å². The van der Waals surface area contributed by atoms with Gasteiger partial charge in [-0.25, -0.2) is 9.78 Å². The number of fused-ring (bicyclic) bond motifs is 1. The van der Waals surface area contributed by atoms with Crippen LogP contribution in [0.5, 0.6) is 0 Å². The summed E-state index contributed by atoms with van der Waals surface area (Å²) < 4.78 is 6.17. The van der Waals surface area contributed by atoms with Crippen LogP contribution < -0.4 is 10.8 Å². The molecule has 6 nitrogen and oxygen atoms in total. The van der Waals surface area contributed by atoms with Crippen molar-refractivity contribution in [3.05, 3.63) is 23.2 Å². The third-order valence-electron chi connectivity index (χ3n) is 3.74. The number of carbonyl (C=O) groups is 1.